The van der Waals surface area contributed by atoms with Gasteiger partial charge < -0.3 is 20.2 Å². The fraction of sp³-hybridized carbons (Fsp3) is 0.278. The maximum Gasteiger partial charge on any atom is 0.321 e. The molecule has 1 aliphatic rings. The summed E-state index contributed by atoms with van der Waals surface area (Å²) in [4.78, 5) is 16.2. The molecule has 1 heterocycles. The number of carbonyl (C=O) groups is 1. The van der Waals surface area contributed by atoms with Crippen molar-refractivity contribution in [3.05, 3.63) is 54.1 Å². The molecular weight excluding hydrogens is 290 g/mol. The normalized spacial score (nSPS) is 14.7. The number of hydrogen-bond donors (Lipinski definition) is 2. The minimum absolute atomic E-state index is 0.0764. The van der Waals surface area contributed by atoms with Crippen LogP contribution in [0.1, 0.15) is 5.56 Å². The van der Waals surface area contributed by atoms with Crippen molar-refractivity contribution in [2.24, 2.45) is 0 Å². The first-order valence-corrected chi connectivity index (χ1v) is 7.79. The zero-order chi connectivity index (χ0) is 16.2. The molecule has 0 spiro atoms. The zero-order valence-corrected chi connectivity index (χ0v) is 13.2. The molecule has 0 saturated carbocycles. The van der Waals surface area contributed by atoms with E-state index in [2.05, 4.69) is 10.2 Å². The lowest BCUT2D eigenvalue weighted by Gasteiger charge is -2.36. The van der Waals surface area contributed by atoms with Crippen LogP contribution in [0, 0.1) is 6.92 Å². The van der Waals surface area contributed by atoms with E-state index in [1.807, 2.05) is 49.4 Å². The van der Waals surface area contributed by atoms with Crippen molar-refractivity contribution in [2.75, 3.05) is 36.4 Å². The standard InChI is InChI=1S/C18H21N3O2/c1-14-5-4-6-15(13-14)19-18(23)21-11-9-20(10-12-21)16-7-2-3-8-17(16)22/h2-8,13,22H,9-12H2,1H3,(H,19,23). The number of hydrogen-bond acceptors (Lipinski definition) is 3. The molecule has 0 bridgehead atoms. The molecule has 1 fully saturated rings. The molecule has 1 saturated heterocycles. The van der Waals surface area contributed by atoms with Crippen LogP contribution in [0.4, 0.5) is 16.2 Å². The third-order valence-electron chi connectivity index (χ3n) is 4.06. The third kappa shape index (κ3) is 3.56. The highest BCUT2D eigenvalue weighted by Gasteiger charge is 2.22. The number of aryl methyl sites for hydroxylation is 1. The van der Waals surface area contributed by atoms with Crippen molar-refractivity contribution < 1.29 is 9.90 Å². The second-order valence-electron chi connectivity index (χ2n) is 5.76. The highest BCUT2D eigenvalue weighted by molar-refractivity contribution is 5.89. The first kappa shape index (κ1) is 15.2. The topological polar surface area (TPSA) is 55.8 Å². The van der Waals surface area contributed by atoms with Gasteiger partial charge in [0.2, 0.25) is 0 Å². The molecule has 2 amide bonds. The molecule has 120 valence electrons. The van der Waals surface area contributed by atoms with Crippen molar-refractivity contribution in [3.63, 3.8) is 0 Å². The van der Waals surface area contributed by atoms with Crippen LogP contribution in [0.5, 0.6) is 5.75 Å². The number of piperazine rings is 1. The van der Waals surface area contributed by atoms with E-state index in [0.29, 0.717) is 26.2 Å². The summed E-state index contributed by atoms with van der Waals surface area (Å²) in [7, 11) is 0. The Morgan fingerprint density at radius 3 is 2.48 bits per heavy atom. The maximum absolute atomic E-state index is 12.3. The molecule has 2 aromatic carbocycles. The summed E-state index contributed by atoms with van der Waals surface area (Å²) in [6.07, 6.45) is 0. The minimum atomic E-state index is -0.0764. The SMILES string of the molecule is Cc1cccc(NC(=O)N2CCN(c3ccccc3O)CC2)c1. The average Bonchev–Trinajstić information content (AvgIpc) is 2.55. The number of carbonyl (C=O) groups excluding carboxylic acids is 1. The van der Waals surface area contributed by atoms with Gasteiger partial charge in [0.15, 0.2) is 0 Å². The fourth-order valence-corrected chi connectivity index (χ4v) is 2.81. The van der Waals surface area contributed by atoms with Crippen LogP contribution in [-0.2, 0) is 0 Å². The molecule has 5 heteroatoms. The van der Waals surface area contributed by atoms with E-state index >= 15 is 0 Å². The van der Waals surface area contributed by atoms with Gasteiger partial charge in [-0.3, -0.25) is 0 Å². The van der Waals surface area contributed by atoms with E-state index in [-0.39, 0.29) is 11.8 Å². The average molecular weight is 311 g/mol. The number of phenols is 1. The lowest BCUT2D eigenvalue weighted by molar-refractivity contribution is 0.208. The summed E-state index contributed by atoms with van der Waals surface area (Å²) in [5.41, 5.74) is 2.76. The minimum Gasteiger partial charge on any atom is -0.506 e. The number of nitrogens with zero attached hydrogens (tertiary/aromatic N) is 2. The van der Waals surface area contributed by atoms with E-state index in [1.54, 1.807) is 11.0 Å². The van der Waals surface area contributed by atoms with Crippen LogP contribution in [0.15, 0.2) is 48.5 Å². The lowest BCUT2D eigenvalue weighted by atomic mass is 10.2. The first-order valence-electron chi connectivity index (χ1n) is 7.79. The van der Waals surface area contributed by atoms with E-state index < -0.39 is 0 Å². The van der Waals surface area contributed by atoms with Gasteiger partial charge in [-0.25, -0.2) is 4.79 Å². The monoisotopic (exact) mass is 311 g/mol. The number of rotatable bonds is 2. The smallest absolute Gasteiger partial charge is 0.321 e. The predicted molar refractivity (Wildman–Crippen MR) is 92.1 cm³/mol. The highest BCUT2D eigenvalue weighted by Crippen LogP contribution is 2.27. The number of benzene rings is 2. The second kappa shape index (κ2) is 6.60. The van der Waals surface area contributed by atoms with Gasteiger partial charge in [0.25, 0.3) is 0 Å². The van der Waals surface area contributed by atoms with Crippen LogP contribution in [0.2, 0.25) is 0 Å². The molecule has 23 heavy (non-hydrogen) atoms. The van der Waals surface area contributed by atoms with Gasteiger partial charge in [0.1, 0.15) is 5.75 Å². The number of urea groups is 1. The molecule has 0 unspecified atom stereocenters. The van der Waals surface area contributed by atoms with E-state index in [9.17, 15) is 9.90 Å². The third-order valence-corrected chi connectivity index (χ3v) is 4.06. The van der Waals surface area contributed by atoms with Gasteiger partial charge >= 0.3 is 6.03 Å². The molecular formula is C18H21N3O2. The molecule has 0 atom stereocenters. The summed E-state index contributed by atoms with van der Waals surface area (Å²) in [6.45, 7) is 4.68. The van der Waals surface area contributed by atoms with Crippen molar-refractivity contribution in [1.82, 2.24) is 4.90 Å². The lowest BCUT2D eigenvalue weighted by Crippen LogP contribution is -2.50. The largest absolute Gasteiger partial charge is 0.506 e. The summed E-state index contributed by atoms with van der Waals surface area (Å²) in [5.74, 6) is 0.283. The first-order chi connectivity index (χ1) is 11.1. The second-order valence-corrected chi connectivity index (χ2v) is 5.76. The number of amides is 2. The van der Waals surface area contributed by atoms with Gasteiger partial charge in [0.05, 0.1) is 5.69 Å². The summed E-state index contributed by atoms with van der Waals surface area (Å²) < 4.78 is 0. The number of anilines is 2. The molecule has 0 radical (unpaired) electrons. The van der Waals surface area contributed by atoms with Crippen LogP contribution in [-0.4, -0.2) is 42.2 Å². The van der Waals surface area contributed by atoms with Crippen molar-refractivity contribution in [3.8, 4) is 5.75 Å². The maximum atomic E-state index is 12.3. The molecule has 0 aromatic heterocycles. The zero-order valence-electron chi connectivity index (χ0n) is 13.2. The quantitative estimate of drug-likeness (QED) is 0.896. The molecule has 0 aliphatic carbocycles. The molecule has 2 N–H and O–H groups in total. The van der Waals surface area contributed by atoms with E-state index in [0.717, 1.165) is 16.9 Å². The van der Waals surface area contributed by atoms with E-state index in [4.69, 9.17) is 0 Å². The predicted octanol–water partition coefficient (Wildman–Crippen LogP) is 3.05. The Bertz CT molecular complexity index is 694. The Morgan fingerprint density at radius 2 is 1.78 bits per heavy atom. The summed E-state index contributed by atoms with van der Waals surface area (Å²) in [6, 6.07) is 15.0. The van der Waals surface area contributed by atoms with Crippen LogP contribution >= 0.6 is 0 Å². The Kier molecular flexibility index (Phi) is 4.37. The van der Waals surface area contributed by atoms with E-state index in [1.165, 1.54) is 0 Å². The summed E-state index contributed by atoms with van der Waals surface area (Å²) in [5, 5.41) is 12.9. The molecule has 5 nitrogen and oxygen atoms in total. The van der Waals surface area contributed by atoms with Crippen molar-refractivity contribution >= 4 is 17.4 Å². The van der Waals surface area contributed by atoms with Crippen molar-refractivity contribution in [2.45, 2.75) is 6.92 Å². The van der Waals surface area contributed by atoms with Gasteiger partial charge in [0, 0.05) is 31.9 Å². The van der Waals surface area contributed by atoms with Gasteiger partial charge in [-0.2, -0.15) is 0 Å². The highest BCUT2D eigenvalue weighted by atomic mass is 16.3. The Morgan fingerprint density at radius 1 is 1.04 bits per heavy atom. The molecule has 3 rings (SSSR count). The molecule has 2 aromatic rings. The van der Waals surface area contributed by atoms with Crippen LogP contribution < -0.4 is 10.2 Å². The summed E-state index contributed by atoms with van der Waals surface area (Å²) >= 11 is 0. The fourth-order valence-electron chi connectivity index (χ4n) is 2.81. The number of para-hydroxylation sites is 2. The number of nitrogens with one attached hydrogen (secondary N) is 1. The van der Waals surface area contributed by atoms with Gasteiger partial charge in [-0.15, -0.1) is 0 Å². The van der Waals surface area contributed by atoms with Crippen molar-refractivity contribution in [1.29, 1.82) is 0 Å². The Hall–Kier alpha value is -2.69. The van der Waals surface area contributed by atoms with Crippen LogP contribution in [0.3, 0.4) is 0 Å². The Balaban J connectivity index is 1.58. The van der Waals surface area contributed by atoms with Gasteiger partial charge in [-0.1, -0.05) is 24.3 Å². The van der Waals surface area contributed by atoms with Gasteiger partial charge in [-0.05, 0) is 36.8 Å². The van der Waals surface area contributed by atoms with Crippen LogP contribution in [0.25, 0.3) is 0 Å². The Labute approximate surface area is 136 Å². The number of phenolic OH excluding ortho intramolecular Hbond substituents is 1. The molecule has 1 aliphatic heterocycles. The number of aromatic hydroxyl groups is 1.